The van der Waals surface area contributed by atoms with Gasteiger partial charge in [0.25, 0.3) is 11.8 Å². The molecule has 0 saturated carbocycles. The van der Waals surface area contributed by atoms with E-state index in [1.807, 2.05) is 42.7 Å². The molecule has 0 bridgehead atoms. The lowest BCUT2D eigenvalue weighted by Gasteiger charge is -2.25. The molecule has 0 fully saturated rings. The zero-order valence-electron chi connectivity index (χ0n) is 33.9. The van der Waals surface area contributed by atoms with Gasteiger partial charge >= 0.3 is 6.09 Å². The number of benzene rings is 1. The lowest BCUT2D eigenvalue weighted by atomic mass is 10.0. The molecule has 0 aliphatic carbocycles. The van der Waals surface area contributed by atoms with Crippen LogP contribution in [0.3, 0.4) is 0 Å². The van der Waals surface area contributed by atoms with Crippen LogP contribution in [0.5, 0.6) is 0 Å². The highest BCUT2D eigenvalue weighted by Crippen LogP contribution is 2.31. The lowest BCUT2D eigenvalue weighted by molar-refractivity contribution is -0.137. The maximum Gasteiger partial charge on any atom is 0.408 e. The van der Waals surface area contributed by atoms with Crippen molar-refractivity contribution in [2.24, 2.45) is 5.92 Å². The molecule has 2 atom stereocenters. The van der Waals surface area contributed by atoms with Crippen molar-refractivity contribution in [3.63, 3.8) is 0 Å². The quantitative estimate of drug-likeness (QED) is 0.0902. The fourth-order valence-electron chi connectivity index (χ4n) is 6.13. The van der Waals surface area contributed by atoms with E-state index >= 15 is 0 Å². The Morgan fingerprint density at radius 1 is 0.912 bits per heavy atom. The van der Waals surface area contributed by atoms with Crippen LogP contribution in [0, 0.1) is 5.92 Å². The number of pyridine rings is 1. The number of aromatic nitrogens is 3. The highest BCUT2D eigenvalue weighted by atomic mass is 16.6. The van der Waals surface area contributed by atoms with Gasteiger partial charge in [0.15, 0.2) is 5.82 Å². The van der Waals surface area contributed by atoms with Crippen LogP contribution in [0.1, 0.15) is 80.0 Å². The molecule has 6 amide bonds. The van der Waals surface area contributed by atoms with Gasteiger partial charge in [-0.25, -0.2) is 14.8 Å². The Kier molecular flexibility index (Phi) is 16.1. The standard InChI is InChI=1S/C40H56N8O9/c1-8-55-24-29-44-35-36(48(29)23-26(4)56-21-19-41-30(49)16-10-9-13-20-47-32(51)17-18-33(47)52)27-14-11-12-15-28(27)43-37(35)45-31(50)22-42-38(53)34(25(2)3)46-39(54)57-40(5,6)7/h11-12,14-15,17-18,25-26,34H,8-10,13,16,19-24H2,1-7H3,(H,41,49)(H,42,53)(H,46,54)(H,43,45,50). The second-order valence-electron chi connectivity index (χ2n) is 15.1. The summed E-state index contributed by atoms with van der Waals surface area (Å²) in [5.41, 5.74) is 1.02. The van der Waals surface area contributed by atoms with Crippen LogP contribution >= 0.6 is 0 Å². The number of nitrogens with one attached hydrogen (secondary N) is 4. The van der Waals surface area contributed by atoms with Gasteiger partial charge in [-0.05, 0) is 59.4 Å². The number of rotatable bonds is 21. The molecule has 4 N–H and O–H groups in total. The molecule has 2 aromatic heterocycles. The predicted octanol–water partition coefficient (Wildman–Crippen LogP) is 3.73. The van der Waals surface area contributed by atoms with Crippen LogP contribution in [0.15, 0.2) is 36.4 Å². The van der Waals surface area contributed by atoms with Gasteiger partial charge in [-0.2, -0.15) is 0 Å². The first-order valence-corrected chi connectivity index (χ1v) is 19.4. The second-order valence-corrected chi connectivity index (χ2v) is 15.1. The number of carbonyl (C=O) groups is 6. The van der Waals surface area contributed by atoms with Crippen molar-refractivity contribution in [1.29, 1.82) is 0 Å². The zero-order valence-corrected chi connectivity index (χ0v) is 33.9. The molecule has 1 aliphatic rings. The minimum absolute atomic E-state index is 0.105. The molecule has 310 valence electrons. The van der Waals surface area contributed by atoms with E-state index in [1.165, 1.54) is 17.1 Å². The van der Waals surface area contributed by atoms with Crippen molar-refractivity contribution < 1.29 is 43.0 Å². The van der Waals surface area contributed by atoms with Gasteiger partial charge in [0.2, 0.25) is 17.7 Å². The van der Waals surface area contributed by atoms with Crippen LogP contribution in [-0.4, -0.2) is 106 Å². The van der Waals surface area contributed by atoms with Crippen molar-refractivity contribution in [1.82, 2.24) is 35.4 Å². The van der Waals surface area contributed by atoms with E-state index in [0.717, 1.165) is 10.9 Å². The number of hydrogen-bond acceptors (Lipinski definition) is 11. The molecule has 57 heavy (non-hydrogen) atoms. The van der Waals surface area contributed by atoms with E-state index in [1.54, 1.807) is 34.6 Å². The number of unbranched alkanes of at least 4 members (excludes halogenated alkanes) is 2. The van der Waals surface area contributed by atoms with Gasteiger partial charge in [-0.3, -0.25) is 28.9 Å². The number of ether oxygens (including phenoxy) is 3. The fourth-order valence-corrected chi connectivity index (χ4v) is 6.13. The average molecular weight is 793 g/mol. The maximum absolute atomic E-state index is 13.3. The van der Waals surface area contributed by atoms with Crippen LogP contribution in [-0.2, 0) is 51.3 Å². The molecule has 17 heteroatoms. The zero-order chi connectivity index (χ0) is 41.7. The lowest BCUT2D eigenvalue weighted by Crippen LogP contribution is -2.52. The Labute approximate surface area is 332 Å². The number of amides is 6. The molecule has 3 heterocycles. The number of fused-ring (bicyclic) bond motifs is 3. The van der Waals surface area contributed by atoms with E-state index in [-0.39, 0.29) is 55.3 Å². The Hall–Kier alpha value is -5.42. The molecule has 0 spiro atoms. The Morgan fingerprint density at radius 3 is 2.32 bits per heavy atom. The number of hydrogen-bond donors (Lipinski definition) is 4. The Balaban J connectivity index is 1.37. The predicted molar refractivity (Wildman–Crippen MR) is 213 cm³/mol. The van der Waals surface area contributed by atoms with E-state index in [2.05, 4.69) is 21.3 Å². The Bertz CT molecular complexity index is 1930. The number of alkyl carbamates (subject to hydrolysis) is 1. The van der Waals surface area contributed by atoms with Crippen molar-refractivity contribution in [3.05, 3.63) is 42.2 Å². The first-order chi connectivity index (χ1) is 27.1. The molecule has 3 aromatic rings. The number of imidazole rings is 1. The largest absolute Gasteiger partial charge is 0.444 e. The number of anilines is 1. The van der Waals surface area contributed by atoms with Crippen LogP contribution in [0.4, 0.5) is 10.6 Å². The fraction of sp³-hybridized carbons (Fsp3) is 0.550. The van der Waals surface area contributed by atoms with Crippen molar-refractivity contribution in [2.45, 2.75) is 105 Å². The summed E-state index contributed by atoms with van der Waals surface area (Å²) in [6, 6.07) is 6.55. The topological polar surface area (TPSA) is 212 Å². The Morgan fingerprint density at radius 2 is 1.63 bits per heavy atom. The number of para-hydroxylation sites is 1. The van der Waals surface area contributed by atoms with Gasteiger partial charge < -0.3 is 40.0 Å². The highest BCUT2D eigenvalue weighted by molar-refractivity contribution is 6.13. The first kappa shape index (κ1) is 44.3. The maximum atomic E-state index is 13.3. The minimum atomic E-state index is -0.933. The molecular formula is C40H56N8O9. The number of carbonyl (C=O) groups excluding carboxylic acids is 6. The molecular weight excluding hydrogens is 736 g/mol. The van der Waals surface area contributed by atoms with Gasteiger partial charge in [0.1, 0.15) is 29.6 Å². The molecule has 17 nitrogen and oxygen atoms in total. The first-order valence-electron chi connectivity index (χ1n) is 19.4. The normalized spacial score (nSPS) is 14.0. The van der Waals surface area contributed by atoms with Gasteiger partial charge in [0.05, 0.1) is 36.8 Å². The summed E-state index contributed by atoms with van der Waals surface area (Å²) in [4.78, 5) is 85.2. The number of imide groups is 1. The van der Waals surface area contributed by atoms with Crippen LogP contribution in [0.25, 0.3) is 21.9 Å². The summed E-state index contributed by atoms with van der Waals surface area (Å²) in [7, 11) is 0. The number of nitrogens with zero attached hydrogens (tertiary/aromatic N) is 4. The minimum Gasteiger partial charge on any atom is -0.444 e. The molecule has 0 radical (unpaired) electrons. The molecule has 0 saturated heterocycles. The molecule has 4 rings (SSSR count). The summed E-state index contributed by atoms with van der Waals surface area (Å²) < 4.78 is 19.2. The van der Waals surface area contributed by atoms with Gasteiger partial charge in [0, 0.05) is 43.7 Å². The van der Waals surface area contributed by atoms with Crippen LogP contribution in [0.2, 0.25) is 0 Å². The van der Waals surface area contributed by atoms with E-state index < -0.39 is 29.6 Å². The van der Waals surface area contributed by atoms with Gasteiger partial charge in [-0.15, -0.1) is 0 Å². The highest BCUT2D eigenvalue weighted by Gasteiger charge is 2.28. The summed E-state index contributed by atoms with van der Waals surface area (Å²) in [5, 5.41) is 11.7. The van der Waals surface area contributed by atoms with Crippen molar-refractivity contribution in [3.8, 4) is 0 Å². The smallest absolute Gasteiger partial charge is 0.408 e. The van der Waals surface area contributed by atoms with Crippen molar-refractivity contribution in [2.75, 3.05) is 38.2 Å². The SMILES string of the molecule is CCOCc1nc2c(NC(=O)CNC(=O)C(NC(=O)OC(C)(C)C)C(C)C)nc3ccccc3c2n1CC(C)OCCNC(=O)CCCCCN1C(=O)C=CC1=O. The third kappa shape index (κ3) is 13.1. The summed E-state index contributed by atoms with van der Waals surface area (Å²) in [5.74, 6) is -1.27. The molecule has 2 unspecified atom stereocenters. The third-order valence-electron chi connectivity index (χ3n) is 8.85. The summed E-state index contributed by atoms with van der Waals surface area (Å²) >= 11 is 0. The second kappa shape index (κ2) is 20.7. The monoisotopic (exact) mass is 792 g/mol. The molecule has 1 aliphatic heterocycles. The van der Waals surface area contributed by atoms with E-state index in [0.29, 0.717) is 68.8 Å². The third-order valence-corrected chi connectivity index (χ3v) is 8.85. The summed E-state index contributed by atoms with van der Waals surface area (Å²) in [6.45, 7) is 14.1. The van der Waals surface area contributed by atoms with E-state index in [9.17, 15) is 28.8 Å². The van der Waals surface area contributed by atoms with Gasteiger partial charge in [-0.1, -0.05) is 38.5 Å². The molecule has 1 aromatic carbocycles. The van der Waals surface area contributed by atoms with Crippen LogP contribution < -0.4 is 21.3 Å². The van der Waals surface area contributed by atoms with Crippen molar-refractivity contribution >= 4 is 63.4 Å². The van der Waals surface area contributed by atoms with E-state index in [4.69, 9.17) is 24.2 Å². The summed E-state index contributed by atoms with van der Waals surface area (Å²) in [6.07, 6.45) is 3.78. The average Bonchev–Trinajstić information content (AvgIpc) is 3.67.